The van der Waals surface area contributed by atoms with Crippen molar-refractivity contribution in [3.63, 3.8) is 0 Å². The average molecular weight is 207 g/mol. The lowest BCUT2D eigenvalue weighted by Crippen LogP contribution is -2.30. The number of carbonyl (C=O) groups excluding carboxylic acids is 1. The van der Waals surface area contributed by atoms with Gasteiger partial charge in [0, 0.05) is 6.54 Å². The Hall–Kier alpha value is -0.370. The first-order chi connectivity index (χ1) is 7.25. The molecule has 0 aromatic rings. The van der Waals surface area contributed by atoms with Crippen LogP contribution in [0.15, 0.2) is 0 Å². The molecule has 2 aliphatic carbocycles. The molecule has 0 bridgehead atoms. The van der Waals surface area contributed by atoms with Gasteiger partial charge in [0.15, 0.2) is 0 Å². The van der Waals surface area contributed by atoms with Gasteiger partial charge in [-0.15, -0.1) is 0 Å². The van der Waals surface area contributed by atoms with E-state index >= 15 is 0 Å². The van der Waals surface area contributed by atoms with Gasteiger partial charge < -0.3 is 4.79 Å². The molecular formula is C13H21NO. The van der Waals surface area contributed by atoms with E-state index in [9.17, 15) is 4.79 Å². The molecule has 0 aromatic carbocycles. The fourth-order valence-corrected chi connectivity index (χ4v) is 4.46. The summed E-state index contributed by atoms with van der Waals surface area (Å²) in [5.74, 6) is 0. The highest BCUT2D eigenvalue weighted by Gasteiger charge is 2.70. The van der Waals surface area contributed by atoms with E-state index in [4.69, 9.17) is 0 Å². The molecule has 3 fully saturated rings. The van der Waals surface area contributed by atoms with Crippen LogP contribution in [-0.2, 0) is 4.79 Å². The minimum absolute atomic E-state index is 0.231. The Balaban J connectivity index is 1.78. The highest BCUT2D eigenvalue weighted by Crippen LogP contribution is 2.75. The molecule has 15 heavy (non-hydrogen) atoms. The van der Waals surface area contributed by atoms with E-state index in [0.29, 0.717) is 10.8 Å². The molecule has 0 radical (unpaired) electrons. The van der Waals surface area contributed by atoms with Gasteiger partial charge in [-0.1, -0.05) is 19.8 Å². The summed E-state index contributed by atoms with van der Waals surface area (Å²) in [5.41, 5.74) is 1.24. The number of carbonyl (C=O) groups is 1. The number of aldehydes is 1. The van der Waals surface area contributed by atoms with Crippen molar-refractivity contribution < 1.29 is 4.79 Å². The molecule has 0 aromatic heterocycles. The van der Waals surface area contributed by atoms with E-state index in [1.807, 2.05) is 0 Å². The number of hydrogen-bond acceptors (Lipinski definition) is 2. The van der Waals surface area contributed by atoms with E-state index in [0.717, 1.165) is 13.0 Å². The minimum atomic E-state index is 0.231. The van der Waals surface area contributed by atoms with Crippen molar-refractivity contribution in [2.24, 2.45) is 10.8 Å². The predicted molar refractivity (Wildman–Crippen MR) is 59.7 cm³/mol. The predicted octanol–water partition coefficient (Wildman–Crippen LogP) is 2.23. The maximum atomic E-state index is 11.1. The number of hydrogen-bond donors (Lipinski definition) is 0. The molecule has 3 aliphatic rings. The lowest BCUT2D eigenvalue weighted by molar-refractivity contribution is -0.111. The van der Waals surface area contributed by atoms with Crippen molar-refractivity contribution in [1.29, 1.82) is 0 Å². The zero-order chi connectivity index (χ0) is 10.5. The lowest BCUT2D eigenvalue weighted by Gasteiger charge is -2.18. The van der Waals surface area contributed by atoms with Crippen LogP contribution in [-0.4, -0.2) is 30.3 Å². The first-order valence-corrected chi connectivity index (χ1v) is 6.45. The molecule has 3 rings (SSSR count). The largest absolute Gasteiger partial charge is 0.302 e. The Kier molecular flexibility index (Phi) is 2.01. The molecular weight excluding hydrogens is 186 g/mol. The number of fused-ring (bicyclic) bond motifs is 1. The van der Waals surface area contributed by atoms with E-state index in [-0.39, 0.29) is 6.04 Å². The molecule has 2 nitrogen and oxygen atoms in total. The smallest absolute Gasteiger partial charge is 0.137 e. The van der Waals surface area contributed by atoms with Crippen LogP contribution in [0.1, 0.15) is 45.4 Å². The highest BCUT2D eigenvalue weighted by molar-refractivity contribution is 5.59. The quantitative estimate of drug-likeness (QED) is 0.647. The van der Waals surface area contributed by atoms with Gasteiger partial charge >= 0.3 is 0 Å². The molecule has 1 heterocycles. The summed E-state index contributed by atoms with van der Waals surface area (Å²) in [6, 6.07) is 0.231. The summed E-state index contributed by atoms with van der Waals surface area (Å²) in [6.45, 7) is 4.42. The number of likely N-dealkylation sites (tertiary alicyclic amines) is 1. The van der Waals surface area contributed by atoms with E-state index in [2.05, 4.69) is 11.8 Å². The third-order valence-corrected chi connectivity index (χ3v) is 5.38. The average Bonchev–Trinajstić information content (AvgIpc) is 2.60. The summed E-state index contributed by atoms with van der Waals surface area (Å²) in [7, 11) is 0. The van der Waals surface area contributed by atoms with Gasteiger partial charge in [0.25, 0.3) is 0 Å². The third-order valence-electron chi connectivity index (χ3n) is 5.38. The first kappa shape index (κ1) is 9.83. The lowest BCUT2D eigenvalue weighted by atomic mass is 9.89. The molecule has 1 saturated heterocycles. The van der Waals surface area contributed by atoms with Gasteiger partial charge in [-0.2, -0.15) is 0 Å². The number of likely N-dealkylation sites (N-methyl/N-ethyl adjacent to an activating group) is 1. The minimum Gasteiger partial charge on any atom is -0.302 e. The van der Waals surface area contributed by atoms with Gasteiger partial charge in [-0.25, -0.2) is 0 Å². The van der Waals surface area contributed by atoms with Crippen LogP contribution in [0, 0.1) is 10.8 Å². The van der Waals surface area contributed by atoms with Crippen LogP contribution in [0.4, 0.5) is 0 Å². The van der Waals surface area contributed by atoms with Crippen LogP contribution >= 0.6 is 0 Å². The van der Waals surface area contributed by atoms with Crippen molar-refractivity contribution in [1.82, 2.24) is 4.90 Å². The molecule has 2 spiro atoms. The van der Waals surface area contributed by atoms with Gasteiger partial charge in [0.05, 0.1) is 6.04 Å². The van der Waals surface area contributed by atoms with E-state index in [1.165, 1.54) is 44.9 Å². The summed E-state index contributed by atoms with van der Waals surface area (Å²) >= 11 is 0. The third kappa shape index (κ3) is 1.17. The molecule has 2 heteroatoms. The molecule has 84 valence electrons. The van der Waals surface area contributed by atoms with Gasteiger partial charge in [-0.05, 0) is 43.1 Å². The van der Waals surface area contributed by atoms with Crippen molar-refractivity contribution in [3.05, 3.63) is 0 Å². The summed E-state index contributed by atoms with van der Waals surface area (Å²) in [5, 5.41) is 0. The van der Waals surface area contributed by atoms with Crippen molar-refractivity contribution >= 4 is 6.29 Å². The van der Waals surface area contributed by atoms with Crippen LogP contribution in [0.2, 0.25) is 0 Å². The standard InChI is InChI=1S/C13H21NO/c1-2-14-10-13(7-11(14)8-15)9-12(13)5-3-4-6-12/h8,11H,2-7,9-10H2,1H3/t11-,13-/m0/s1. The number of nitrogens with zero attached hydrogens (tertiary/aromatic N) is 1. The van der Waals surface area contributed by atoms with Gasteiger partial charge in [-0.3, -0.25) is 4.90 Å². The number of rotatable bonds is 2. The summed E-state index contributed by atoms with van der Waals surface area (Å²) in [6.07, 6.45) is 9.50. The summed E-state index contributed by atoms with van der Waals surface area (Å²) < 4.78 is 0. The molecule has 1 aliphatic heterocycles. The molecule has 2 saturated carbocycles. The highest BCUT2D eigenvalue weighted by atomic mass is 16.1. The summed E-state index contributed by atoms with van der Waals surface area (Å²) in [4.78, 5) is 13.4. The second kappa shape index (κ2) is 3.07. The SMILES string of the molecule is CCN1C[C@]2(C[C@H]1C=O)CC21CCCC1. The Bertz CT molecular complexity index is 282. The molecule has 0 N–H and O–H groups in total. The normalized spacial score (nSPS) is 42.9. The van der Waals surface area contributed by atoms with Crippen LogP contribution in [0.5, 0.6) is 0 Å². The Morgan fingerprint density at radius 3 is 2.60 bits per heavy atom. The Labute approximate surface area is 92.0 Å². The monoisotopic (exact) mass is 207 g/mol. The topological polar surface area (TPSA) is 20.3 Å². The van der Waals surface area contributed by atoms with Crippen LogP contribution in [0.25, 0.3) is 0 Å². The second-order valence-electron chi connectivity index (χ2n) is 5.92. The van der Waals surface area contributed by atoms with Crippen LogP contribution < -0.4 is 0 Å². The zero-order valence-electron chi connectivity index (χ0n) is 9.67. The fraction of sp³-hybridized carbons (Fsp3) is 0.923. The first-order valence-electron chi connectivity index (χ1n) is 6.45. The second-order valence-corrected chi connectivity index (χ2v) is 5.92. The van der Waals surface area contributed by atoms with E-state index in [1.54, 1.807) is 0 Å². The maximum absolute atomic E-state index is 11.1. The van der Waals surface area contributed by atoms with Crippen LogP contribution in [0.3, 0.4) is 0 Å². The Morgan fingerprint density at radius 2 is 2.07 bits per heavy atom. The van der Waals surface area contributed by atoms with Crippen molar-refractivity contribution in [2.75, 3.05) is 13.1 Å². The fourth-order valence-electron chi connectivity index (χ4n) is 4.46. The van der Waals surface area contributed by atoms with Gasteiger partial charge in [0.2, 0.25) is 0 Å². The molecule has 0 amide bonds. The van der Waals surface area contributed by atoms with E-state index < -0.39 is 0 Å². The van der Waals surface area contributed by atoms with Crippen molar-refractivity contribution in [3.8, 4) is 0 Å². The molecule has 0 unspecified atom stereocenters. The van der Waals surface area contributed by atoms with Crippen molar-refractivity contribution in [2.45, 2.75) is 51.5 Å². The zero-order valence-corrected chi connectivity index (χ0v) is 9.67. The Morgan fingerprint density at radius 1 is 1.33 bits per heavy atom. The van der Waals surface area contributed by atoms with Gasteiger partial charge in [0.1, 0.15) is 6.29 Å². The maximum Gasteiger partial charge on any atom is 0.137 e. The molecule has 2 atom stereocenters.